The average molecular weight is 348 g/mol. The van der Waals surface area contributed by atoms with E-state index in [0.29, 0.717) is 15.9 Å². The van der Waals surface area contributed by atoms with Gasteiger partial charge in [-0.2, -0.15) is 0 Å². The maximum absolute atomic E-state index is 11.9. The molecule has 23 heavy (non-hydrogen) atoms. The lowest BCUT2D eigenvalue weighted by molar-refractivity contribution is -0.114. The van der Waals surface area contributed by atoms with E-state index in [1.807, 2.05) is 18.2 Å². The number of carbonyl (C=O) groups is 2. The second-order valence-electron chi connectivity index (χ2n) is 4.51. The van der Waals surface area contributed by atoms with Crippen LogP contribution in [0.1, 0.15) is 16.4 Å². The lowest BCUT2D eigenvalue weighted by atomic mass is 10.1. The molecule has 116 valence electrons. The zero-order valence-electron chi connectivity index (χ0n) is 11.7. The Balaban J connectivity index is 1.67. The molecule has 3 rings (SSSR count). The Labute approximate surface area is 140 Å². The third-order valence-corrected chi connectivity index (χ3v) is 4.33. The second-order valence-corrected chi connectivity index (χ2v) is 5.96. The molecule has 0 aliphatic heterocycles. The highest BCUT2D eigenvalue weighted by molar-refractivity contribution is 7.99. The highest BCUT2D eigenvalue weighted by Crippen LogP contribution is 2.34. The van der Waals surface area contributed by atoms with Crippen molar-refractivity contribution in [3.63, 3.8) is 0 Å². The summed E-state index contributed by atoms with van der Waals surface area (Å²) in [5.74, 6) is -1.13. The number of Topliss-reactive ketones (excluding diaryl/α,β-unsaturated/α-hetero) is 2. The van der Waals surface area contributed by atoms with E-state index in [1.165, 1.54) is 18.1 Å². The molecule has 0 radical (unpaired) electrons. The van der Waals surface area contributed by atoms with Crippen molar-refractivity contribution in [2.24, 2.45) is 0 Å². The van der Waals surface area contributed by atoms with Gasteiger partial charge in [0, 0.05) is 4.90 Å². The number of nitrogens with one attached hydrogen (secondary N) is 1. The van der Waals surface area contributed by atoms with Crippen LogP contribution in [0.2, 0.25) is 5.02 Å². The van der Waals surface area contributed by atoms with E-state index < -0.39 is 11.6 Å². The van der Waals surface area contributed by atoms with Crippen molar-refractivity contribution in [1.29, 1.82) is 0 Å². The number of aromatic amines is 1. The molecule has 0 fully saturated rings. The fourth-order valence-corrected chi connectivity index (χ4v) is 2.89. The quantitative estimate of drug-likeness (QED) is 0.544. The lowest BCUT2D eigenvalue weighted by Gasteiger charge is -2.00. The van der Waals surface area contributed by atoms with Gasteiger partial charge in [-0.3, -0.25) is 14.7 Å². The summed E-state index contributed by atoms with van der Waals surface area (Å²) in [6.45, 7) is 0. The second kappa shape index (κ2) is 6.80. The van der Waals surface area contributed by atoms with E-state index in [2.05, 4.69) is 15.2 Å². The molecule has 8 heteroatoms. The molecule has 0 atom stereocenters. The van der Waals surface area contributed by atoms with Gasteiger partial charge in [0.2, 0.25) is 11.6 Å². The molecule has 0 bridgehead atoms. The largest absolute Gasteiger partial charge is 0.454 e. The van der Waals surface area contributed by atoms with Crippen molar-refractivity contribution < 1.29 is 14.0 Å². The Hall–Kier alpha value is -2.38. The van der Waals surface area contributed by atoms with Gasteiger partial charge in [-0.1, -0.05) is 35.5 Å². The summed E-state index contributed by atoms with van der Waals surface area (Å²) in [6.07, 6.45) is 1.10. The van der Waals surface area contributed by atoms with E-state index >= 15 is 0 Å². The minimum Gasteiger partial charge on any atom is -0.454 e. The van der Waals surface area contributed by atoms with Gasteiger partial charge in [-0.15, -0.1) is 5.10 Å². The first-order valence-corrected chi connectivity index (χ1v) is 7.77. The number of nitrogens with zero attached hydrogens (tertiary/aromatic N) is 2. The number of benzene rings is 1. The van der Waals surface area contributed by atoms with Crippen molar-refractivity contribution in [3.8, 4) is 0 Å². The summed E-state index contributed by atoms with van der Waals surface area (Å²) < 4.78 is 5.56. The molecule has 0 spiro atoms. The summed E-state index contributed by atoms with van der Waals surface area (Å²) in [5.41, 5.74) is 0. The van der Waals surface area contributed by atoms with Crippen LogP contribution in [0.5, 0.6) is 0 Å². The highest BCUT2D eigenvalue weighted by Gasteiger charge is 2.21. The van der Waals surface area contributed by atoms with E-state index in [0.717, 1.165) is 4.90 Å². The van der Waals surface area contributed by atoms with E-state index in [4.69, 9.17) is 16.0 Å². The number of halogens is 1. The maximum Gasteiger partial charge on any atom is 0.268 e. The van der Waals surface area contributed by atoms with Crippen LogP contribution in [-0.4, -0.2) is 26.7 Å². The first-order valence-electron chi connectivity index (χ1n) is 6.58. The van der Waals surface area contributed by atoms with Crippen LogP contribution in [0.15, 0.2) is 57.1 Å². The molecule has 2 heterocycles. The molecule has 0 unspecified atom stereocenters. The summed E-state index contributed by atoms with van der Waals surface area (Å²) in [6, 6.07) is 10.8. The van der Waals surface area contributed by atoms with Crippen LogP contribution in [0.25, 0.3) is 0 Å². The standard InChI is InChI=1S/C15H10ClN3O3S/c16-10-3-1-2-4-12(10)23-13-6-5-9(22-13)7-11(20)14(21)15-17-8-18-19-15/h1-6,8H,7H2,(H,17,18,19). The van der Waals surface area contributed by atoms with Gasteiger partial charge >= 0.3 is 0 Å². The first-order chi connectivity index (χ1) is 11.1. The number of H-pyrrole nitrogens is 1. The molecule has 0 aliphatic rings. The Morgan fingerprint density at radius 1 is 1.22 bits per heavy atom. The fourth-order valence-electron chi connectivity index (χ4n) is 1.83. The monoisotopic (exact) mass is 347 g/mol. The van der Waals surface area contributed by atoms with E-state index in [9.17, 15) is 9.59 Å². The minimum absolute atomic E-state index is 0.142. The lowest BCUT2D eigenvalue weighted by Crippen LogP contribution is -2.17. The van der Waals surface area contributed by atoms with E-state index in [1.54, 1.807) is 18.2 Å². The van der Waals surface area contributed by atoms with Crippen molar-refractivity contribution >= 4 is 34.9 Å². The molecule has 1 aromatic carbocycles. The zero-order chi connectivity index (χ0) is 16.2. The number of hydrogen-bond donors (Lipinski definition) is 1. The zero-order valence-corrected chi connectivity index (χ0v) is 13.2. The Morgan fingerprint density at radius 3 is 2.78 bits per heavy atom. The molecular weight excluding hydrogens is 338 g/mol. The Kier molecular flexibility index (Phi) is 4.59. The predicted octanol–water partition coefficient (Wildman–Crippen LogP) is 3.20. The number of rotatable bonds is 6. The van der Waals surface area contributed by atoms with Crippen molar-refractivity contribution in [2.75, 3.05) is 0 Å². The van der Waals surface area contributed by atoms with Gasteiger partial charge < -0.3 is 4.42 Å². The summed E-state index contributed by atoms with van der Waals surface area (Å²) in [7, 11) is 0. The minimum atomic E-state index is -0.747. The van der Waals surface area contributed by atoms with Crippen LogP contribution in [0, 0.1) is 0 Å². The van der Waals surface area contributed by atoms with Crippen molar-refractivity contribution in [2.45, 2.75) is 16.4 Å². The van der Waals surface area contributed by atoms with Gasteiger partial charge in [0.05, 0.1) is 11.4 Å². The summed E-state index contributed by atoms with van der Waals surface area (Å²) in [4.78, 5) is 28.2. The Morgan fingerprint density at radius 2 is 2.04 bits per heavy atom. The maximum atomic E-state index is 11.9. The molecule has 0 saturated heterocycles. The average Bonchev–Trinajstić information content (AvgIpc) is 3.21. The highest BCUT2D eigenvalue weighted by atomic mass is 35.5. The number of furan rings is 1. The Bertz CT molecular complexity index is 845. The predicted molar refractivity (Wildman–Crippen MR) is 83.7 cm³/mol. The smallest absolute Gasteiger partial charge is 0.268 e. The van der Waals surface area contributed by atoms with Gasteiger partial charge in [0.1, 0.15) is 12.1 Å². The third kappa shape index (κ3) is 3.69. The van der Waals surface area contributed by atoms with Crippen LogP contribution in [-0.2, 0) is 11.2 Å². The molecular formula is C15H10ClN3O3S. The molecule has 0 aliphatic carbocycles. The third-order valence-electron chi connectivity index (χ3n) is 2.89. The van der Waals surface area contributed by atoms with Crippen LogP contribution >= 0.6 is 23.4 Å². The molecule has 6 nitrogen and oxygen atoms in total. The van der Waals surface area contributed by atoms with Gasteiger partial charge in [0.15, 0.2) is 5.09 Å². The van der Waals surface area contributed by atoms with Gasteiger partial charge in [-0.25, -0.2) is 4.98 Å². The molecule has 1 N–H and O–H groups in total. The van der Waals surface area contributed by atoms with Crippen LogP contribution in [0.4, 0.5) is 0 Å². The first kappa shape index (κ1) is 15.5. The summed E-state index contributed by atoms with van der Waals surface area (Å²) in [5, 5.41) is 7.19. The van der Waals surface area contributed by atoms with Gasteiger partial charge in [-0.05, 0) is 24.3 Å². The number of ketones is 2. The van der Waals surface area contributed by atoms with Crippen molar-refractivity contribution in [3.05, 3.63) is 59.3 Å². The molecule has 2 aromatic heterocycles. The number of carbonyl (C=O) groups excluding carboxylic acids is 2. The number of aromatic nitrogens is 3. The molecule has 0 saturated carbocycles. The van der Waals surface area contributed by atoms with Crippen LogP contribution < -0.4 is 0 Å². The topological polar surface area (TPSA) is 88.9 Å². The fraction of sp³-hybridized carbons (Fsp3) is 0.0667. The van der Waals surface area contributed by atoms with Crippen LogP contribution in [0.3, 0.4) is 0 Å². The SMILES string of the molecule is O=C(Cc1ccc(Sc2ccccc2Cl)o1)C(=O)c1nc[nH]n1. The van der Waals surface area contributed by atoms with Gasteiger partial charge in [0.25, 0.3) is 5.78 Å². The van der Waals surface area contributed by atoms with E-state index in [-0.39, 0.29) is 12.2 Å². The van der Waals surface area contributed by atoms with Crippen molar-refractivity contribution in [1.82, 2.24) is 15.2 Å². The molecule has 3 aromatic rings. The normalized spacial score (nSPS) is 10.7. The molecule has 0 amide bonds. The number of hydrogen-bond acceptors (Lipinski definition) is 6. The summed E-state index contributed by atoms with van der Waals surface area (Å²) >= 11 is 7.43.